The summed E-state index contributed by atoms with van der Waals surface area (Å²) >= 11 is 0. The van der Waals surface area contributed by atoms with E-state index >= 15 is 0 Å². The average molecular weight is 438 g/mol. The zero-order chi connectivity index (χ0) is 22.9. The molecular weight excluding hydrogens is 406 g/mol. The number of rotatable bonds is 8. The van der Waals surface area contributed by atoms with Gasteiger partial charge in [-0.05, 0) is 56.0 Å². The van der Waals surface area contributed by atoms with Crippen molar-refractivity contribution in [2.75, 3.05) is 25.0 Å². The van der Waals surface area contributed by atoms with Gasteiger partial charge in [0.2, 0.25) is 11.8 Å². The molecule has 2 aromatic rings. The molecule has 0 bridgehead atoms. The minimum atomic E-state index is -0.173. The first-order valence-corrected chi connectivity index (χ1v) is 11.1. The van der Waals surface area contributed by atoms with Crippen molar-refractivity contribution in [3.63, 3.8) is 0 Å². The van der Waals surface area contributed by atoms with Gasteiger partial charge in [0, 0.05) is 43.7 Å². The van der Waals surface area contributed by atoms with Gasteiger partial charge in [-0.2, -0.15) is 0 Å². The van der Waals surface area contributed by atoms with E-state index in [1.165, 1.54) is 6.92 Å². The number of ether oxygens (including phenoxy) is 1. The number of nitrogens with zero attached hydrogens (tertiary/aromatic N) is 1. The minimum absolute atomic E-state index is 0.0196. The minimum Gasteiger partial charge on any atom is -0.493 e. The molecule has 2 N–H and O–H groups in total. The lowest BCUT2D eigenvalue weighted by molar-refractivity contribution is -0.122. The monoisotopic (exact) mass is 437 g/mol. The van der Waals surface area contributed by atoms with E-state index in [1.54, 1.807) is 29.2 Å². The Bertz CT molecular complexity index is 952. The van der Waals surface area contributed by atoms with Crippen molar-refractivity contribution in [2.24, 2.45) is 0 Å². The van der Waals surface area contributed by atoms with Gasteiger partial charge in [-0.3, -0.25) is 14.4 Å². The Morgan fingerprint density at radius 1 is 1.06 bits per heavy atom. The molecule has 1 saturated heterocycles. The van der Waals surface area contributed by atoms with Crippen LogP contribution >= 0.6 is 0 Å². The van der Waals surface area contributed by atoms with Crippen molar-refractivity contribution in [3.8, 4) is 5.75 Å². The van der Waals surface area contributed by atoms with E-state index in [0.29, 0.717) is 43.8 Å². The summed E-state index contributed by atoms with van der Waals surface area (Å²) in [5.41, 5.74) is 2.24. The van der Waals surface area contributed by atoms with E-state index in [9.17, 15) is 14.4 Å². The van der Waals surface area contributed by atoms with Crippen molar-refractivity contribution in [1.82, 2.24) is 10.2 Å². The molecule has 3 amide bonds. The molecule has 1 heterocycles. The van der Waals surface area contributed by atoms with Gasteiger partial charge in [-0.15, -0.1) is 0 Å². The largest absolute Gasteiger partial charge is 0.493 e. The molecule has 7 heteroatoms. The van der Waals surface area contributed by atoms with Gasteiger partial charge in [-0.25, -0.2) is 0 Å². The molecular formula is C25H31N3O4. The van der Waals surface area contributed by atoms with Crippen LogP contribution in [-0.2, 0) is 9.59 Å². The van der Waals surface area contributed by atoms with E-state index in [2.05, 4.69) is 10.6 Å². The Labute approximate surface area is 189 Å². The molecule has 0 aromatic heterocycles. The maximum atomic E-state index is 12.8. The Hall–Kier alpha value is -3.35. The second-order valence-corrected chi connectivity index (χ2v) is 8.11. The highest BCUT2D eigenvalue weighted by molar-refractivity contribution is 5.96. The van der Waals surface area contributed by atoms with Crippen LogP contribution in [0.2, 0.25) is 0 Å². The molecule has 0 spiro atoms. The molecule has 0 atom stereocenters. The van der Waals surface area contributed by atoms with Crippen molar-refractivity contribution in [1.29, 1.82) is 0 Å². The standard InChI is InChI=1S/C25H31N3O4/c1-18-7-3-4-10-23(18)32-16-6-11-24(30)27-21-12-14-28(15-13-21)25(31)20-8-5-9-22(17-20)26-19(2)29/h3-5,7-10,17,21H,6,11-16H2,1-2H3,(H,26,29)(H,27,30). The topological polar surface area (TPSA) is 87.7 Å². The van der Waals surface area contributed by atoms with Gasteiger partial charge in [0.15, 0.2) is 0 Å². The third-order valence-corrected chi connectivity index (χ3v) is 5.48. The summed E-state index contributed by atoms with van der Waals surface area (Å²) in [5.74, 6) is 0.641. The molecule has 7 nitrogen and oxygen atoms in total. The van der Waals surface area contributed by atoms with Crippen molar-refractivity contribution in [2.45, 2.75) is 45.6 Å². The summed E-state index contributed by atoms with van der Waals surface area (Å²) in [6.45, 7) is 5.11. The van der Waals surface area contributed by atoms with Crippen molar-refractivity contribution in [3.05, 3.63) is 59.7 Å². The van der Waals surface area contributed by atoms with Gasteiger partial charge >= 0.3 is 0 Å². The van der Waals surface area contributed by atoms with Crippen molar-refractivity contribution < 1.29 is 19.1 Å². The third kappa shape index (κ3) is 6.83. The first-order chi connectivity index (χ1) is 15.4. The second kappa shape index (κ2) is 11.3. The summed E-state index contributed by atoms with van der Waals surface area (Å²) in [6, 6.07) is 14.9. The van der Waals surface area contributed by atoms with E-state index in [1.807, 2.05) is 31.2 Å². The predicted octanol–water partition coefficient (Wildman–Crippen LogP) is 3.53. The number of aryl methyl sites for hydroxylation is 1. The highest BCUT2D eigenvalue weighted by Gasteiger charge is 2.24. The Balaban J connectivity index is 1.38. The van der Waals surface area contributed by atoms with Gasteiger partial charge in [-0.1, -0.05) is 24.3 Å². The fraction of sp³-hybridized carbons (Fsp3) is 0.400. The van der Waals surface area contributed by atoms with E-state index in [0.717, 1.165) is 24.2 Å². The van der Waals surface area contributed by atoms with Crippen LogP contribution in [0, 0.1) is 6.92 Å². The third-order valence-electron chi connectivity index (χ3n) is 5.48. The molecule has 1 fully saturated rings. The zero-order valence-corrected chi connectivity index (χ0v) is 18.7. The second-order valence-electron chi connectivity index (χ2n) is 8.11. The summed E-state index contributed by atoms with van der Waals surface area (Å²) in [6.07, 6.45) is 2.52. The SMILES string of the molecule is CC(=O)Nc1cccc(C(=O)N2CCC(NC(=O)CCCOc3ccccc3C)CC2)c1. The number of likely N-dealkylation sites (tertiary alicyclic amines) is 1. The molecule has 32 heavy (non-hydrogen) atoms. The number of hydrogen-bond donors (Lipinski definition) is 2. The van der Waals surface area contributed by atoms with E-state index in [4.69, 9.17) is 4.74 Å². The summed E-state index contributed by atoms with van der Waals surface area (Å²) < 4.78 is 5.74. The first-order valence-electron chi connectivity index (χ1n) is 11.1. The predicted molar refractivity (Wildman–Crippen MR) is 124 cm³/mol. The van der Waals surface area contributed by atoms with Crippen LogP contribution in [0.25, 0.3) is 0 Å². The number of hydrogen-bond acceptors (Lipinski definition) is 4. The zero-order valence-electron chi connectivity index (χ0n) is 18.7. The summed E-state index contributed by atoms with van der Waals surface area (Å²) in [5, 5.41) is 5.78. The van der Waals surface area contributed by atoms with Gasteiger partial charge < -0.3 is 20.3 Å². The summed E-state index contributed by atoms with van der Waals surface area (Å²) in [7, 11) is 0. The van der Waals surface area contributed by atoms with Crippen LogP contribution < -0.4 is 15.4 Å². The van der Waals surface area contributed by atoms with E-state index in [-0.39, 0.29) is 23.8 Å². The lowest BCUT2D eigenvalue weighted by atomic mass is 10.0. The maximum absolute atomic E-state index is 12.8. The first kappa shape index (κ1) is 23.3. The lowest BCUT2D eigenvalue weighted by Gasteiger charge is -2.32. The number of anilines is 1. The molecule has 1 aliphatic rings. The smallest absolute Gasteiger partial charge is 0.253 e. The van der Waals surface area contributed by atoms with Gasteiger partial charge in [0.1, 0.15) is 5.75 Å². The molecule has 2 aromatic carbocycles. The van der Waals surface area contributed by atoms with E-state index < -0.39 is 0 Å². The molecule has 1 aliphatic heterocycles. The molecule has 0 radical (unpaired) electrons. The molecule has 3 rings (SSSR count). The Morgan fingerprint density at radius 3 is 2.53 bits per heavy atom. The van der Waals surface area contributed by atoms with Crippen molar-refractivity contribution >= 4 is 23.4 Å². The Morgan fingerprint density at radius 2 is 1.81 bits per heavy atom. The Kier molecular flexibility index (Phi) is 8.25. The molecule has 170 valence electrons. The lowest BCUT2D eigenvalue weighted by Crippen LogP contribution is -2.46. The van der Waals surface area contributed by atoms with Gasteiger partial charge in [0.25, 0.3) is 5.91 Å². The van der Waals surface area contributed by atoms with Crippen LogP contribution in [0.4, 0.5) is 5.69 Å². The molecule has 0 unspecified atom stereocenters. The van der Waals surface area contributed by atoms with Crippen LogP contribution in [-0.4, -0.2) is 48.4 Å². The number of amides is 3. The fourth-order valence-electron chi connectivity index (χ4n) is 3.78. The summed E-state index contributed by atoms with van der Waals surface area (Å²) in [4.78, 5) is 38.1. The number of carbonyl (C=O) groups excluding carboxylic acids is 3. The number of piperidine rings is 1. The highest BCUT2D eigenvalue weighted by Crippen LogP contribution is 2.18. The number of benzene rings is 2. The number of nitrogens with one attached hydrogen (secondary N) is 2. The molecule has 0 saturated carbocycles. The van der Waals surface area contributed by atoms with Crippen LogP contribution in [0.15, 0.2) is 48.5 Å². The highest BCUT2D eigenvalue weighted by atomic mass is 16.5. The van der Waals surface area contributed by atoms with Gasteiger partial charge in [0.05, 0.1) is 6.61 Å². The average Bonchev–Trinajstić information content (AvgIpc) is 2.77. The molecule has 0 aliphatic carbocycles. The normalized spacial score (nSPS) is 14.0. The number of para-hydroxylation sites is 1. The maximum Gasteiger partial charge on any atom is 0.253 e. The van der Waals surface area contributed by atoms with Crippen LogP contribution in [0.1, 0.15) is 48.5 Å². The fourth-order valence-corrected chi connectivity index (χ4v) is 3.78. The number of carbonyl (C=O) groups is 3. The van der Waals surface area contributed by atoms with Crippen LogP contribution in [0.5, 0.6) is 5.75 Å². The van der Waals surface area contributed by atoms with Crippen LogP contribution in [0.3, 0.4) is 0 Å². The quantitative estimate of drug-likeness (QED) is 0.619.